The Morgan fingerprint density at radius 2 is 2.00 bits per heavy atom. The lowest BCUT2D eigenvalue weighted by atomic mass is 10.0. The maximum Gasteiger partial charge on any atom is 0.407 e. The summed E-state index contributed by atoms with van der Waals surface area (Å²) < 4.78 is 10.2. The first-order valence-corrected chi connectivity index (χ1v) is 7.74. The molecular weight excluding hydrogens is 284 g/mol. The minimum atomic E-state index is -0.538. The van der Waals surface area contributed by atoms with Crippen molar-refractivity contribution in [2.24, 2.45) is 0 Å². The minimum Gasteiger partial charge on any atom is -0.468 e. The van der Waals surface area contributed by atoms with Gasteiger partial charge in [0.1, 0.15) is 11.6 Å². The number of nitrogens with zero attached hydrogens (tertiary/aromatic N) is 1. The van der Waals surface area contributed by atoms with Crippen LogP contribution < -0.4 is 5.32 Å². The number of esters is 1. The highest BCUT2D eigenvalue weighted by Crippen LogP contribution is 2.33. The van der Waals surface area contributed by atoms with E-state index in [0.29, 0.717) is 6.42 Å². The molecule has 1 N–H and O–H groups in total. The molecule has 1 fully saturated rings. The largest absolute Gasteiger partial charge is 0.468 e. The summed E-state index contributed by atoms with van der Waals surface area (Å²) in [6.07, 6.45) is 5.10. The molecule has 2 aliphatic rings. The number of methoxy groups -OCH3 is 1. The summed E-state index contributed by atoms with van der Waals surface area (Å²) in [5.41, 5.74) is -0.538. The van der Waals surface area contributed by atoms with Gasteiger partial charge in [-0.3, -0.25) is 9.69 Å². The zero-order chi connectivity index (χ0) is 16.5. The molecule has 0 radical (unpaired) electrons. The molecule has 0 aromatic rings. The van der Waals surface area contributed by atoms with Crippen molar-refractivity contribution in [1.82, 2.24) is 10.2 Å². The molecule has 1 amide bonds. The van der Waals surface area contributed by atoms with E-state index in [1.54, 1.807) is 0 Å². The van der Waals surface area contributed by atoms with E-state index in [2.05, 4.69) is 29.3 Å². The second kappa shape index (κ2) is 6.28. The minimum absolute atomic E-state index is 0.0941. The Kier molecular flexibility index (Phi) is 4.80. The number of ether oxygens (including phenoxy) is 2. The number of carbonyl (C=O) groups excluding carboxylic acids is 2. The number of fused-ring (bicyclic) bond motifs is 1. The maximum atomic E-state index is 12.0. The predicted octanol–water partition coefficient (Wildman–Crippen LogP) is 1.84. The quantitative estimate of drug-likeness (QED) is 0.623. The van der Waals surface area contributed by atoms with Crippen molar-refractivity contribution in [3.63, 3.8) is 0 Å². The average molecular weight is 310 g/mol. The summed E-state index contributed by atoms with van der Waals surface area (Å²) in [5, 5.41) is 2.92. The molecule has 1 saturated heterocycles. The number of amides is 1. The number of nitrogens with one attached hydrogen (secondary N) is 1. The normalized spacial score (nSPS) is 31.5. The van der Waals surface area contributed by atoms with Gasteiger partial charge in [0, 0.05) is 12.1 Å². The van der Waals surface area contributed by atoms with Crippen LogP contribution in [0.5, 0.6) is 0 Å². The third kappa shape index (κ3) is 3.61. The van der Waals surface area contributed by atoms with Gasteiger partial charge < -0.3 is 14.8 Å². The molecule has 6 heteroatoms. The fraction of sp³-hybridized carbons (Fsp3) is 0.750. The molecular formula is C16H26N2O4. The summed E-state index contributed by atoms with van der Waals surface area (Å²) in [6.45, 7) is 7.54. The summed E-state index contributed by atoms with van der Waals surface area (Å²) in [6, 6.07) is -0.203. The first-order chi connectivity index (χ1) is 10.2. The van der Waals surface area contributed by atoms with Crippen LogP contribution >= 0.6 is 0 Å². The van der Waals surface area contributed by atoms with Crippen LogP contribution in [0.25, 0.3) is 0 Å². The molecule has 0 saturated carbocycles. The fourth-order valence-electron chi connectivity index (χ4n) is 3.31. The Labute approximate surface area is 131 Å². The van der Waals surface area contributed by atoms with Gasteiger partial charge in [-0.25, -0.2) is 4.79 Å². The molecule has 0 bridgehead atoms. The number of carbonyl (C=O) groups is 2. The van der Waals surface area contributed by atoms with E-state index in [1.165, 1.54) is 7.11 Å². The lowest BCUT2D eigenvalue weighted by Crippen LogP contribution is -2.51. The number of alkyl carbamates (subject to hydrolysis) is 1. The van der Waals surface area contributed by atoms with Crippen LogP contribution in [0.15, 0.2) is 12.2 Å². The Bertz CT molecular complexity index is 469. The van der Waals surface area contributed by atoms with E-state index in [0.717, 1.165) is 6.42 Å². The molecule has 22 heavy (non-hydrogen) atoms. The van der Waals surface area contributed by atoms with Crippen molar-refractivity contribution in [2.75, 3.05) is 7.11 Å². The van der Waals surface area contributed by atoms with E-state index in [1.807, 2.05) is 20.8 Å². The predicted molar refractivity (Wildman–Crippen MR) is 82.4 cm³/mol. The van der Waals surface area contributed by atoms with Crippen molar-refractivity contribution >= 4 is 12.1 Å². The highest BCUT2D eigenvalue weighted by Gasteiger charge is 2.48. The van der Waals surface area contributed by atoms with Crippen LogP contribution in [0, 0.1) is 0 Å². The Hall–Kier alpha value is -1.56. The zero-order valence-electron chi connectivity index (χ0n) is 14.0. The van der Waals surface area contributed by atoms with Gasteiger partial charge in [-0.15, -0.1) is 0 Å². The lowest BCUT2D eigenvalue weighted by Gasteiger charge is -2.36. The molecule has 2 rings (SSSR count). The van der Waals surface area contributed by atoms with Gasteiger partial charge in [0.25, 0.3) is 0 Å². The molecule has 2 aliphatic heterocycles. The Morgan fingerprint density at radius 3 is 2.59 bits per heavy atom. The SMILES string of the molecule is COC(=O)C1CC(NC(=O)OC(C)(C)C)C2CC=CC(C)N12. The first-order valence-electron chi connectivity index (χ1n) is 7.74. The number of hydrogen-bond acceptors (Lipinski definition) is 5. The number of rotatable bonds is 2. The third-order valence-electron chi connectivity index (χ3n) is 4.12. The monoisotopic (exact) mass is 310 g/mol. The van der Waals surface area contributed by atoms with E-state index >= 15 is 0 Å². The fourth-order valence-corrected chi connectivity index (χ4v) is 3.31. The highest BCUT2D eigenvalue weighted by atomic mass is 16.6. The Balaban J connectivity index is 2.11. The van der Waals surface area contributed by atoms with Gasteiger partial charge in [0.15, 0.2) is 0 Å². The summed E-state index contributed by atoms with van der Waals surface area (Å²) in [5.74, 6) is -0.249. The number of hydrogen-bond donors (Lipinski definition) is 1. The van der Waals surface area contributed by atoms with Crippen molar-refractivity contribution in [1.29, 1.82) is 0 Å². The van der Waals surface area contributed by atoms with E-state index in [4.69, 9.17) is 9.47 Å². The first kappa shape index (κ1) is 16.8. The maximum absolute atomic E-state index is 12.0. The van der Waals surface area contributed by atoms with E-state index < -0.39 is 11.7 Å². The van der Waals surface area contributed by atoms with E-state index in [-0.39, 0.29) is 30.1 Å². The zero-order valence-corrected chi connectivity index (χ0v) is 14.0. The van der Waals surface area contributed by atoms with Gasteiger partial charge in [-0.2, -0.15) is 0 Å². The Morgan fingerprint density at radius 1 is 1.32 bits per heavy atom. The molecule has 0 spiro atoms. The molecule has 0 aromatic heterocycles. The van der Waals surface area contributed by atoms with Crippen LogP contribution in [-0.4, -0.2) is 53.8 Å². The van der Waals surface area contributed by atoms with Gasteiger partial charge in [0.05, 0.1) is 13.2 Å². The van der Waals surface area contributed by atoms with Crippen LogP contribution in [-0.2, 0) is 14.3 Å². The van der Waals surface area contributed by atoms with Crippen molar-refractivity contribution in [3.05, 3.63) is 12.2 Å². The smallest absolute Gasteiger partial charge is 0.407 e. The van der Waals surface area contributed by atoms with Crippen molar-refractivity contribution < 1.29 is 19.1 Å². The van der Waals surface area contributed by atoms with Gasteiger partial charge in [-0.05, 0) is 40.5 Å². The molecule has 4 unspecified atom stereocenters. The van der Waals surface area contributed by atoms with Crippen molar-refractivity contribution in [3.8, 4) is 0 Å². The molecule has 124 valence electrons. The van der Waals surface area contributed by atoms with Gasteiger partial charge in [-0.1, -0.05) is 12.2 Å². The van der Waals surface area contributed by atoms with Gasteiger partial charge >= 0.3 is 12.1 Å². The second-order valence-corrected chi connectivity index (χ2v) is 6.95. The summed E-state index contributed by atoms with van der Waals surface area (Å²) in [7, 11) is 1.40. The average Bonchev–Trinajstić information content (AvgIpc) is 2.76. The van der Waals surface area contributed by atoms with E-state index in [9.17, 15) is 9.59 Å². The molecule has 2 heterocycles. The molecule has 6 nitrogen and oxygen atoms in total. The summed E-state index contributed by atoms with van der Waals surface area (Å²) in [4.78, 5) is 26.2. The molecule has 0 aromatic carbocycles. The third-order valence-corrected chi connectivity index (χ3v) is 4.12. The second-order valence-electron chi connectivity index (χ2n) is 6.95. The van der Waals surface area contributed by atoms with Crippen LogP contribution in [0.2, 0.25) is 0 Å². The van der Waals surface area contributed by atoms with Crippen molar-refractivity contribution in [2.45, 2.75) is 70.3 Å². The molecule has 4 atom stereocenters. The summed E-state index contributed by atoms with van der Waals surface area (Å²) >= 11 is 0. The molecule has 0 aliphatic carbocycles. The highest BCUT2D eigenvalue weighted by molar-refractivity contribution is 5.77. The van der Waals surface area contributed by atoms with Crippen LogP contribution in [0.4, 0.5) is 4.79 Å². The lowest BCUT2D eigenvalue weighted by molar-refractivity contribution is -0.146. The topological polar surface area (TPSA) is 67.9 Å². The standard InChI is InChI=1S/C16H26N2O4/c1-10-7-6-8-12-11(17-15(20)22-16(2,3)4)9-13(18(10)12)14(19)21-5/h6-7,10-13H,8-9H2,1-5H3,(H,17,20). The van der Waals surface area contributed by atoms with Gasteiger partial charge in [0.2, 0.25) is 0 Å². The van der Waals surface area contributed by atoms with Crippen LogP contribution in [0.1, 0.15) is 40.5 Å². The van der Waals surface area contributed by atoms with Crippen LogP contribution in [0.3, 0.4) is 0 Å².